The van der Waals surface area contributed by atoms with Crippen LogP contribution in [0.15, 0.2) is 38.0 Å². The van der Waals surface area contributed by atoms with Gasteiger partial charge in [-0.1, -0.05) is 22.0 Å². The quantitative estimate of drug-likeness (QED) is 0.811. The summed E-state index contributed by atoms with van der Waals surface area (Å²) in [6.07, 6.45) is 0. The number of halogens is 2. The van der Waals surface area contributed by atoms with Crippen LogP contribution in [0.1, 0.15) is 0 Å². The molecule has 0 spiro atoms. The summed E-state index contributed by atoms with van der Waals surface area (Å²) in [5, 5.41) is 3.64. The summed E-state index contributed by atoms with van der Waals surface area (Å²) >= 11 is 6.48. The Bertz CT molecular complexity index is 428. The lowest BCUT2D eigenvalue weighted by Gasteiger charge is -1.93. The lowest BCUT2D eigenvalue weighted by molar-refractivity contribution is 0.426. The second-order valence-electron chi connectivity index (χ2n) is 2.38. The van der Waals surface area contributed by atoms with E-state index in [2.05, 4.69) is 42.0 Å². The van der Waals surface area contributed by atoms with E-state index in [1.54, 1.807) is 0 Å². The Hall–Kier alpha value is -0.680. The lowest BCUT2D eigenvalue weighted by atomic mass is 10.2. The van der Waals surface area contributed by atoms with Gasteiger partial charge in [-0.3, -0.25) is 0 Å². The van der Waals surface area contributed by atoms with Crippen molar-refractivity contribution < 1.29 is 4.52 Å². The van der Waals surface area contributed by atoms with Crippen molar-refractivity contribution in [3.8, 4) is 11.5 Å². The molecule has 13 heavy (non-hydrogen) atoms. The van der Waals surface area contributed by atoms with E-state index in [4.69, 9.17) is 4.52 Å². The van der Waals surface area contributed by atoms with Gasteiger partial charge in [0, 0.05) is 10.0 Å². The van der Waals surface area contributed by atoms with E-state index in [-0.39, 0.29) is 0 Å². The van der Waals surface area contributed by atoms with E-state index in [1.807, 2.05) is 24.3 Å². The fourth-order valence-electron chi connectivity index (χ4n) is 0.944. The molecule has 0 bridgehead atoms. The molecule has 0 atom stereocenters. The maximum Gasteiger partial charge on any atom is 0.258 e. The zero-order valence-electron chi connectivity index (χ0n) is 6.37. The van der Waals surface area contributed by atoms with Crippen molar-refractivity contribution in [2.75, 3.05) is 0 Å². The normalized spacial score (nSPS) is 10.3. The molecule has 1 heterocycles. The molecular weight excluding hydrogens is 300 g/mol. The van der Waals surface area contributed by atoms with Gasteiger partial charge in [-0.05, 0) is 39.3 Å². The van der Waals surface area contributed by atoms with Crippen LogP contribution < -0.4 is 0 Å². The fraction of sp³-hybridized carbons (Fsp3) is 0. The first-order valence-electron chi connectivity index (χ1n) is 3.51. The molecular formula is C8H4Br2N2O. The van der Waals surface area contributed by atoms with Gasteiger partial charge in [-0.15, -0.1) is 0 Å². The molecule has 2 rings (SSSR count). The molecule has 0 N–H and O–H groups in total. The second kappa shape index (κ2) is 3.59. The molecule has 2 aromatic rings. The minimum Gasteiger partial charge on any atom is -0.333 e. The van der Waals surface area contributed by atoms with Gasteiger partial charge in [0.25, 0.3) is 5.89 Å². The Morgan fingerprint density at radius 1 is 1.23 bits per heavy atom. The van der Waals surface area contributed by atoms with Crippen LogP contribution in [-0.2, 0) is 0 Å². The highest BCUT2D eigenvalue weighted by Crippen LogP contribution is 2.22. The molecule has 0 saturated carbocycles. The monoisotopic (exact) mass is 302 g/mol. The molecule has 1 aromatic heterocycles. The highest BCUT2D eigenvalue weighted by molar-refractivity contribution is 9.10. The number of hydrogen-bond acceptors (Lipinski definition) is 3. The first-order chi connectivity index (χ1) is 6.25. The van der Waals surface area contributed by atoms with Crippen molar-refractivity contribution in [2.24, 2.45) is 0 Å². The predicted molar refractivity (Wildman–Crippen MR) is 55.1 cm³/mol. The van der Waals surface area contributed by atoms with E-state index < -0.39 is 0 Å². The molecule has 0 aliphatic rings. The molecule has 0 aliphatic carbocycles. The highest BCUT2D eigenvalue weighted by atomic mass is 79.9. The Labute approximate surface area is 91.4 Å². The van der Waals surface area contributed by atoms with Gasteiger partial charge < -0.3 is 4.52 Å². The van der Waals surface area contributed by atoms with Crippen molar-refractivity contribution in [1.29, 1.82) is 0 Å². The van der Waals surface area contributed by atoms with Crippen molar-refractivity contribution in [1.82, 2.24) is 10.1 Å². The van der Waals surface area contributed by atoms with Crippen molar-refractivity contribution in [3.05, 3.63) is 33.5 Å². The highest BCUT2D eigenvalue weighted by Gasteiger charge is 2.06. The summed E-state index contributed by atoms with van der Waals surface area (Å²) in [4.78, 5) is 4.04. The number of hydrogen-bond donors (Lipinski definition) is 0. The topological polar surface area (TPSA) is 38.9 Å². The summed E-state index contributed by atoms with van der Waals surface area (Å²) in [7, 11) is 0. The third-order valence-corrected chi connectivity index (χ3v) is 2.29. The maximum absolute atomic E-state index is 4.98. The fourth-order valence-corrected chi connectivity index (χ4v) is 1.58. The number of nitrogens with zero attached hydrogens (tertiary/aromatic N) is 2. The number of rotatable bonds is 1. The minimum absolute atomic E-state index is 0.461. The van der Waals surface area contributed by atoms with E-state index in [9.17, 15) is 0 Å². The molecule has 5 heteroatoms. The average Bonchev–Trinajstić information content (AvgIpc) is 2.52. The lowest BCUT2D eigenvalue weighted by Crippen LogP contribution is -1.76. The Kier molecular flexibility index (Phi) is 2.46. The average molecular weight is 304 g/mol. The summed E-state index contributed by atoms with van der Waals surface area (Å²) in [6, 6.07) is 7.68. The molecule has 0 saturated heterocycles. The zero-order valence-corrected chi connectivity index (χ0v) is 9.54. The van der Waals surface area contributed by atoms with Gasteiger partial charge in [0.1, 0.15) is 0 Å². The van der Waals surface area contributed by atoms with Gasteiger partial charge in [-0.25, -0.2) is 0 Å². The third kappa shape index (κ3) is 1.97. The van der Waals surface area contributed by atoms with Gasteiger partial charge >= 0.3 is 0 Å². The van der Waals surface area contributed by atoms with Crippen LogP contribution in [0, 0.1) is 0 Å². The SMILES string of the molecule is Brc1cccc(-c2nc(Br)no2)c1. The van der Waals surface area contributed by atoms with Gasteiger partial charge in [-0.2, -0.15) is 4.98 Å². The van der Waals surface area contributed by atoms with E-state index in [1.165, 1.54) is 0 Å². The Morgan fingerprint density at radius 3 is 2.69 bits per heavy atom. The molecule has 3 nitrogen and oxygen atoms in total. The first-order valence-corrected chi connectivity index (χ1v) is 5.09. The van der Waals surface area contributed by atoms with Gasteiger partial charge in [0.15, 0.2) is 0 Å². The van der Waals surface area contributed by atoms with Crippen LogP contribution in [0.25, 0.3) is 11.5 Å². The number of aromatic nitrogens is 2. The molecule has 0 unspecified atom stereocenters. The van der Waals surface area contributed by atoms with Crippen molar-refractivity contribution >= 4 is 31.9 Å². The van der Waals surface area contributed by atoms with Crippen LogP contribution in [-0.4, -0.2) is 10.1 Å². The van der Waals surface area contributed by atoms with Crippen LogP contribution in [0.4, 0.5) is 0 Å². The Morgan fingerprint density at radius 2 is 2.08 bits per heavy atom. The minimum atomic E-state index is 0.461. The van der Waals surface area contributed by atoms with Crippen LogP contribution in [0.2, 0.25) is 0 Å². The molecule has 0 radical (unpaired) electrons. The maximum atomic E-state index is 4.98. The summed E-state index contributed by atoms with van der Waals surface area (Å²) in [5.74, 6) is 0.508. The van der Waals surface area contributed by atoms with E-state index in [0.29, 0.717) is 10.6 Å². The Balaban J connectivity index is 2.46. The van der Waals surface area contributed by atoms with Gasteiger partial charge in [0.05, 0.1) is 0 Å². The first kappa shape index (κ1) is 8.90. The summed E-state index contributed by atoms with van der Waals surface area (Å²) in [6.45, 7) is 0. The smallest absolute Gasteiger partial charge is 0.258 e. The summed E-state index contributed by atoms with van der Waals surface area (Å²) in [5.41, 5.74) is 0.896. The molecule has 66 valence electrons. The summed E-state index contributed by atoms with van der Waals surface area (Å²) < 4.78 is 6.42. The third-order valence-electron chi connectivity index (χ3n) is 1.47. The molecule has 0 amide bonds. The molecule has 1 aromatic carbocycles. The predicted octanol–water partition coefficient (Wildman–Crippen LogP) is 3.26. The number of benzene rings is 1. The second-order valence-corrected chi connectivity index (χ2v) is 4.00. The molecule has 0 fully saturated rings. The van der Waals surface area contributed by atoms with Crippen molar-refractivity contribution in [2.45, 2.75) is 0 Å². The van der Waals surface area contributed by atoms with Crippen LogP contribution >= 0.6 is 31.9 Å². The zero-order chi connectivity index (χ0) is 9.26. The largest absolute Gasteiger partial charge is 0.333 e. The van der Waals surface area contributed by atoms with E-state index in [0.717, 1.165) is 10.0 Å². The van der Waals surface area contributed by atoms with Gasteiger partial charge in [0.2, 0.25) is 4.73 Å². The molecule has 0 aliphatic heterocycles. The van der Waals surface area contributed by atoms with E-state index >= 15 is 0 Å². The van der Waals surface area contributed by atoms with Crippen molar-refractivity contribution in [3.63, 3.8) is 0 Å². The standard InChI is InChI=1S/C8H4Br2N2O/c9-6-3-1-2-5(4-6)7-11-8(10)12-13-7/h1-4H. The van der Waals surface area contributed by atoms with Crippen LogP contribution in [0.5, 0.6) is 0 Å². The van der Waals surface area contributed by atoms with Crippen LogP contribution in [0.3, 0.4) is 0 Å².